The van der Waals surface area contributed by atoms with E-state index in [4.69, 9.17) is 0 Å². The van der Waals surface area contributed by atoms with Gasteiger partial charge in [-0.1, -0.05) is 26.7 Å². The average Bonchev–Trinajstić information content (AvgIpc) is 3.10. The van der Waals surface area contributed by atoms with Gasteiger partial charge in [-0.05, 0) is 44.9 Å². The van der Waals surface area contributed by atoms with Crippen molar-refractivity contribution in [1.82, 2.24) is 10.2 Å². The minimum Gasteiger partial charge on any atom is -0.336 e. The molecular weight excluding hydrogens is 224 g/mol. The van der Waals surface area contributed by atoms with Crippen LogP contribution < -0.4 is 5.32 Å². The van der Waals surface area contributed by atoms with Crippen molar-refractivity contribution >= 4 is 6.03 Å². The summed E-state index contributed by atoms with van der Waals surface area (Å²) in [6, 6.07) is 0.754. The van der Waals surface area contributed by atoms with Crippen LogP contribution in [0.4, 0.5) is 4.79 Å². The van der Waals surface area contributed by atoms with Gasteiger partial charge in [0.05, 0.1) is 0 Å². The maximum absolute atomic E-state index is 12.0. The zero-order valence-corrected chi connectivity index (χ0v) is 12.7. The summed E-state index contributed by atoms with van der Waals surface area (Å²) in [5.74, 6) is 1.49. The van der Waals surface area contributed by atoms with Gasteiger partial charge in [0.25, 0.3) is 0 Å². The van der Waals surface area contributed by atoms with Gasteiger partial charge in [-0.25, -0.2) is 4.79 Å². The summed E-state index contributed by atoms with van der Waals surface area (Å²) in [6.07, 6.45) is 6.08. The maximum atomic E-state index is 12.0. The molecule has 0 heterocycles. The summed E-state index contributed by atoms with van der Waals surface area (Å²) >= 11 is 0. The molecule has 0 bridgehead atoms. The lowest BCUT2D eigenvalue weighted by atomic mass is 10.0. The predicted octanol–water partition coefficient (Wildman–Crippen LogP) is 3.64. The van der Waals surface area contributed by atoms with Crippen molar-refractivity contribution in [3.63, 3.8) is 0 Å². The van der Waals surface area contributed by atoms with E-state index in [0.717, 1.165) is 18.3 Å². The van der Waals surface area contributed by atoms with Gasteiger partial charge in [0.2, 0.25) is 0 Å². The Hall–Kier alpha value is -0.730. The molecule has 106 valence electrons. The molecule has 1 aliphatic rings. The average molecular weight is 254 g/mol. The molecule has 2 amide bonds. The molecule has 1 aliphatic carbocycles. The first-order valence-electron chi connectivity index (χ1n) is 7.45. The van der Waals surface area contributed by atoms with Crippen LogP contribution in [0.2, 0.25) is 0 Å². The van der Waals surface area contributed by atoms with Gasteiger partial charge in [0.1, 0.15) is 0 Å². The van der Waals surface area contributed by atoms with Crippen LogP contribution >= 0.6 is 0 Å². The fourth-order valence-electron chi connectivity index (χ4n) is 2.30. The number of hydrogen-bond acceptors (Lipinski definition) is 1. The van der Waals surface area contributed by atoms with Gasteiger partial charge in [-0.2, -0.15) is 0 Å². The maximum Gasteiger partial charge on any atom is 0.317 e. The second-order valence-corrected chi connectivity index (χ2v) is 6.36. The lowest BCUT2D eigenvalue weighted by Gasteiger charge is -2.27. The van der Waals surface area contributed by atoms with Gasteiger partial charge >= 0.3 is 6.03 Å². The van der Waals surface area contributed by atoms with Crippen LogP contribution in [0.25, 0.3) is 0 Å². The monoisotopic (exact) mass is 254 g/mol. The van der Waals surface area contributed by atoms with Gasteiger partial charge in [-0.15, -0.1) is 0 Å². The lowest BCUT2D eigenvalue weighted by molar-refractivity contribution is 0.184. The summed E-state index contributed by atoms with van der Waals surface area (Å²) < 4.78 is 0. The normalized spacial score (nSPS) is 18.6. The first-order valence-corrected chi connectivity index (χ1v) is 7.45. The molecular formula is C15H30N2O. The first kappa shape index (κ1) is 15.3. The molecule has 0 aromatic carbocycles. The zero-order valence-electron chi connectivity index (χ0n) is 12.7. The lowest BCUT2D eigenvalue weighted by Crippen LogP contribution is -2.46. The summed E-state index contributed by atoms with van der Waals surface area (Å²) in [6.45, 7) is 8.75. The van der Waals surface area contributed by atoms with E-state index in [1.807, 2.05) is 11.9 Å². The number of nitrogens with one attached hydrogen (secondary N) is 1. The third kappa shape index (κ3) is 5.28. The molecule has 1 rings (SSSR count). The standard InChI is InChI=1S/C15H30N2O/c1-11(2)7-6-8-12(3)16-15(18)17(5)13(4)14-9-10-14/h11-14H,6-10H2,1-5H3,(H,16,18). The molecule has 1 fully saturated rings. The zero-order chi connectivity index (χ0) is 13.7. The second kappa shape index (κ2) is 7.01. The van der Waals surface area contributed by atoms with Crippen LogP contribution in [0.3, 0.4) is 0 Å². The SMILES string of the molecule is CC(C)CCCC(C)NC(=O)N(C)C(C)C1CC1. The van der Waals surface area contributed by atoms with Gasteiger partial charge < -0.3 is 10.2 Å². The summed E-state index contributed by atoms with van der Waals surface area (Å²) in [7, 11) is 1.92. The van der Waals surface area contributed by atoms with E-state index >= 15 is 0 Å². The number of carbonyl (C=O) groups is 1. The first-order chi connectivity index (χ1) is 8.41. The van der Waals surface area contributed by atoms with Gasteiger partial charge in [-0.3, -0.25) is 0 Å². The highest BCUT2D eigenvalue weighted by Gasteiger charge is 2.32. The minimum absolute atomic E-state index is 0.0893. The van der Waals surface area contributed by atoms with Crippen LogP contribution in [0, 0.1) is 11.8 Å². The molecule has 0 aromatic heterocycles. The highest BCUT2D eigenvalue weighted by atomic mass is 16.2. The Balaban J connectivity index is 2.21. The van der Waals surface area contributed by atoms with Crippen molar-refractivity contribution in [3.05, 3.63) is 0 Å². The van der Waals surface area contributed by atoms with Crippen LogP contribution in [0.5, 0.6) is 0 Å². The number of urea groups is 1. The molecule has 0 aliphatic heterocycles. The van der Waals surface area contributed by atoms with Crippen molar-refractivity contribution in [1.29, 1.82) is 0 Å². The Morgan fingerprint density at radius 3 is 2.33 bits per heavy atom. The molecule has 3 nitrogen and oxygen atoms in total. The Morgan fingerprint density at radius 2 is 1.83 bits per heavy atom. The molecule has 1 saturated carbocycles. The third-order valence-corrected chi connectivity index (χ3v) is 4.02. The predicted molar refractivity (Wildman–Crippen MR) is 76.6 cm³/mol. The molecule has 18 heavy (non-hydrogen) atoms. The van der Waals surface area contributed by atoms with E-state index in [9.17, 15) is 4.79 Å². The summed E-state index contributed by atoms with van der Waals surface area (Å²) in [5, 5.41) is 3.10. The van der Waals surface area contributed by atoms with Gasteiger partial charge in [0.15, 0.2) is 0 Å². The van der Waals surface area contributed by atoms with Crippen LogP contribution in [-0.2, 0) is 0 Å². The number of rotatable bonds is 7. The van der Waals surface area contributed by atoms with Crippen molar-refractivity contribution < 1.29 is 4.79 Å². The molecule has 1 N–H and O–H groups in total. The number of carbonyl (C=O) groups excluding carboxylic acids is 1. The highest BCUT2D eigenvalue weighted by molar-refractivity contribution is 5.74. The smallest absolute Gasteiger partial charge is 0.317 e. The number of hydrogen-bond donors (Lipinski definition) is 1. The van der Waals surface area contributed by atoms with Crippen molar-refractivity contribution in [3.8, 4) is 0 Å². The molecule has 2 unspecified atom stereocenters. The Bertz CT molecular complexity index is 261. The van der Waals surface area contributed by atoms with E-state index in [0.29, 0.717) is 6.04 Å². The van der Waals surface area contributed by atoms with Crippen molar-refractivity contribution in [2.45, 2.75) is 71.9 Å². The Kier molecular flexibility index (Phi) is 5.97. The van der Waals surface area contributed by atoms with Crippen LogP contribution in [0.15, 0.2) is 0 Å². The Labute approximate surface area is 112 Å². The summed E-state index contributed by atoms with van der Waals surface area (Å²) in [5.41, 5.74) is 0. The van der Waals surface area contributed by atoms with E-state index in [2.05, 4.69) is 33.0 Å². The quantitative estimate of drug-likeness (QED) is 0.739. The Morgan fingerprint density at radius 1 is 1.22 bits per heavy atom. The molecule has 0 saturated heterocycles. The summed E-state index contributed by atoms with van der Waals surface area (Å²) in [4.78, 5) is 13.9. The number of amides is 2. The van der Waals surface area contributed by atoms with Crippen LogP contribution in [-0.4, -0.2) is 30.1 Å². The largest absolute Gasteiger partial charge is 0.336 e. The van der Waals surface area contributed by atoms with Gasteiger partial charge in [0, 0.05) is 19.1 Å². The molecule has 3 heteroatoms. The fourth-order valence-corrected chi connectivity index (χ4v) is 2.30. The van der Waals surface area contributed by atoms with E-state index in [1.54, 1.807) is 0 Å². The van der Waals surface area contributed by atoms with E-state index in [-0.39, 0.29) is 12.1 Å². The topological polar surface area (TPSA) is 32.3 Å². The highest BCUT2D eigenvalue weighted by Crippen LogP contribution is 2.34. The van der Waals surface area contributed by atoms with Crippen LogP contribution in [0.1, 0.15) is 59.8 Å². The van der Waals surface area contributed by atoms with Crippen molar-refractivity contribution in [2.75, 3.05) is 7.05 Å². The molecule has 2 atom stereocenters. The number of nitrogens with zero attached hydrogens (tertiary/aromatic N) is 1. The van der Waals surface area contributed by atoms with E-state index in [1.165, 1.54) is 25.7 Å². The van der Waals surface area contributed by atoms with E-state index < -0.39 is 0 Å². The molecule has 0 spiro atoms. The molecule has 0 aromatic rings. The fraction of sp³-hybridized carbons (Fsp3) is 0.933. The minimum atomic E-state index is 0.0893. The second-order valence-electron chi connectivity index (χ2n) is 6.36. The third-order valence-electron chi connectivity index (χ3n) is 4.02. The van der Waals surface area contributed by atoms with Crippen molar-refractivity contribution in [2.24, 2.45) is 11.8 Å². The molecule has 0 radical (unpaired) electrons.